The standard InChI is InChI=1S/C20H23NO4S/c1-25-13-16-5-2-4-15(10-16)12-19(22)21-18-7-3-6-17(11-18)14-26-9-8-20(23)24/h2-7,10-11H,8-9,12-14H2,1H3,(H,21,22)(H,23,24). The molecule has 0 aliphatic heterocycles. The third-order valence-corrected chi connectivity index (χ3v) is 4.64. The zero-order chi connectivity index (χ0) is 18.8. The Kier molecular flexibility index (Phi) is 8.18. The maximum Gasteiger partial charge on any atom is 0.304 e. The normalized spacial score (nSPS) is 10.5. The van der Waals surface area contributed by atoms with E-state index in [-0.39, 0.29) is 12.3 Å². The Bertz CT molecular complexity index is 748. The van der Waals surface area contributed by atoms with Crippen molar-refractivity contribution in [3.63, 3.8) is 0 Å². The molecule has 0 fully saturated rings. The van der Waals surface area contributed by atoms with Crippen molar-refractivity contribution in [1.29, 1.82) is 0 Å². The van der Waals surface area contributed by atoms with Crippen LogP contribution < -0.4 is 5.32 Å². The molecular weight excluding hydrogens is 350 g/mol. The smallest absolute Gasteiger partial charge is 0.304 e. The first-order valence-corrected chi connectivity index (χ1v) is 9.47. The maximum atomic E-state index is 12.3. The van der Waals surface area contributed by atoms with Gasteiger partial charge in [0.25, 0.3) is 0 Å². The van der Waals surface area contributed by atoms with Gasteiger partial charge in [0, 0.05) is 24.3 Å². The van der Waals surface area contributed by atoms with E-state index in [1.807, 2.05) is 48.5 Å². The van der Waals surface area contributed by atoms with Crippen molar-refractivity contribution in [1.82, 2.24) is 0 Å². The zero-order valence-electron chi connectivity index (χ0n) is 14.7. The first-order valence-electron chi connectivity index (χ1n) is 8.32. The predicted octanol–water partition coefficient (Wildman–Crippen LogP) is 3.72. The molecule has 0 saturated heterocycles. The van der Waals surface area contributed by atoms with Gasteiger partial charge >= 0.3 is 5.97 Å². The van der Waals surface area contributed by atoms with Crippen LogP contribution in [-0.4, -0.2) is 29.8 Å². The minimum absolute atomic E-state index is 0.0738. The largest absolute Gasteiger partial charge is 0.481 e. The number of benzene rings is 2. The molecule has 0 aromatic heterocycles. The van der Waals surface area contributed by atoms with Crippen molar-refractivity contribution in [2.24, 2.45) is 0 Å². The number of rotatable bonds is 10. The van der Waals surface area contributed by atoms with E-state index >= 15 is 0 Å². The summed E-state index contributed by atoms with van der Waals surface area (Å²) >= 11 is 1.57. The summed E-state index contributed by atoms with van der Waals surface area (Å²) in [6.07, 6.45) is 0.457. The van der Waals surface area contributed by atoms with Crippen molar-refractivity contribution in [3.05, 3.63) is 65.2 Å². The van der Waals surface area contributed by atoms with E-state index in [0.29, 0.717) is 18.8 Å². The highest BCUT2D eigenvalue weighted by Gasteiger charge is 2.06. The number of anilines is 1. The number of thioether (sulfide) groups is 1. The van der Waals surface area contributed by atoms with Gasteiger partial charge in [0.15, 0.2) is 0 Å². The first kappa shape index (κ1) is 20.0. The molecule has 0 bridgehead atoms. The molecule has 2 aromatic rings. The summed E-state index contributed by atoms with van der Waals surface area (Å²) in [6, 6.07) is 15.4. The first-order chi connectivity index (χ1) is 12.6. The number of hydrogen-bond donors (Lipinski definition) is 2. The summed E-state index contributed by atoms with van der Waals surface area (Å²) in [4.78, 5) is 22.8. The fraction of sp³-hybridized carbons (Fsp3) is 0.300. The fourth-order valence-corrected chi connectivity index (χ4v) is 3.35. The molecule has 5 nitrogen and oxygen atoms in total. The molecule has 0 aliphatic carbocycles. The monoisotopic (exact) mass is 373 g/mol. The Balaban J connectivity index is 1.87. The molecule has 26 heavy (non-hydrogen) atoms. The second kappa shape index (κ2) is 10.6. The van der Waals surface area contributed by atoms with E-state index < -0.39 is 5.97 Å². The van der Waals surface area contributed by atoms with Crippen molar-refractivity contribution in [3.8, 4) is 0 Å². The molecule has 0 heterocycles. The third-order valence-electron chi connectivity index (χ3n) is 3.61. The highest BCUT2D eigenvalue weighted by Crippen LogP contribution is 2.17. The van der Waals surface area contributed by atoms with Crippen LogP contribution in [0.5, 0.6) is 0 Å². The summed E-state index contributed by atoms with van der Waals surface area (Å²) in [5.74, 6) is 0.433. The number of carbonyl (C=O) groups is 2. The van der Waals surface area contributed by atoms with Gasteiger partial charge < -0.3 is 15.2 Å². The quantitative estimate of drug-likeness (QED) is 0.621. The molecule has 0 spiro atoms. The van der Waals surface area contributed by atoms with Gasteiger partial charge in [0.05, 0.1) is 19.4 Å². The molecule has 0 radical (unpaired) electrons. The van der Waals surface area contributed by atoms with Crippen molar-refractivity contribution in [2.45, 2.75) is 25.2 Å². The van der Waals surface area contributed by atoms with Gasteiger partial charge in [-0.2, -0.15) is 11.8 Å². The van der Waals surface area contributed by atoms with Crippen LogP contribution in [0.2, 0.25) is 0 Å². The summed E-state index contributed by atoms with van der Waals surface area (Å²) in [7, 11) is 1.65. The Morgan fingerprint density at radius 2 is 1.81 bits per heavy atom. The minimum Gasteiger partial charge on any atom is -0.481 e. The number of carbonyl (C=O) groups excluding carboxylic acids is 1. The summed E-state index contributed by atoms with van der Waals surface area (Å²) in [6.45, 7) is 0.525. The van der Waals surface area contributed by atoms with E-state index in [0.717, 1.165) is 28.1 Å². The van der Waals surface area contributed by atoms with E-state index in [1.54, 1.807) is 18.9 Å². The molecule has 138 valence electrons. The molecule has 0 atom stereocenters. The van der Waals surface area contributed by atoms with Crippen LogP contribution >= 0.6 is 11.8 Å². The molecule has 2 N–H and O–H groups in total. The minimum atomic E-state index is -0.784. The predicted molar refractivity (Wildman–Crippen MR) is 104 cm³/mol. The lowest BCUT2D eigenvalue weighted by molar-refractivity contribution is -0.136. The van der Waals surface area contributed by atoms with Gasteiger partial charge in [-0.1, -0.05) is 36.4 Å². The Morgan fingerprint density at radius 1 is 1.08 bits per heavy atom. The molecule has 1 amide bonds. The molecule has 0 aliphatic rings. The molecular formula is C20H23NO4S. The molecule has 2 rings (SSSR count). The second-order valence-electron chi connectivity index (χ2n) is 5.87. The molecule has 6 heteroatoms. The van der Waals surface area contributed by atoms with Crippen LogP contribution in [-0.2, 0) is 33.1 Å². The Morgan fingerprint density at radius 3 is 2.58 bits per heavy atom. The van der Waals surface area contributed by atoms with Gasteiger partial charge in [-0.05, 0) is 28.8 Å². The van der Waals surface area contributed by atoms with Gasteiger partial charge in [-0.15, -0.1) is 0 Å². The van der Waals surface area contributed by atoms with Crippen LogP contribution in [0.25, 0.3) is 0 Å². The number of nitrogens with one attached hydrogen (secondary N) is 1. The molecule has 2 aromatic carbocycles. The number of methoxy groups -OCH3 is 1. The number of hydrogen-bond acceptors (Lipinski definition) is 4. The number of aliphatic carboxylic acids is 1. The SMILES string of the molecule is COCc1cccc(CC(=O)Nc2cccc(CSCCC(=O)O)c2)c1. The highest BCUT2D eigenvalue weighted by atomic mass is 32.2. The van der Waals surface area contributed by atoms with Crippen LogP contribution in [0.1, 0.15) is 23.1 Å². The van der Waals surface area contributed by atoms with Crippen molar-refractivity contribution in [2.75, 3.05) is 18.2 Å². The van der Waals surface area contributed by atoms with Crippen molar-refractivity contribution >= 4 is 29.3 Å². The fourth-order valence-electron chi connectivity index (χ4n) is 2.48. The van der Waals surface area contributed by atoms with Gasteiger partial charge in [0.1, 0.15) is 0 Å². The Labute approximate surface area is 157 Å². The maximum absolute atomic E-state index is 12.3. The number of carboxylic acids is 1. The van der Waals surface area contributed by atoms with Crippen LogP contribution in [0.15, 0.2) is 48.5 Å². The third kappa shape index (κ3) is 7.29. The number of ether oxygens (including phenoxy) is 1. The summed E-state index contributed by atoms with van der Waals surface area (Å²) in [5, 5.41) is 11.6. The summed E-state index contributed by atoms with van der Waals surface area (Å²) < 4.78 is 5.11. The van der Waals surface area contributed by atoms with E-state index in [4.69, 9.17) is 9.84 Å². The summed E-state index contributed by atoms with van der Waals surface area (Å²) in [5.41, 5.74) is 3.79. The molecule has 0 unspecified atom stereocenters. The second-order valence-corrected chi connectivity index (χ2v) is 6.98. The van der Waals surface area contributed by atoms with E-state index in [1.165, 1.54) is 0 Å². The lowest BCUT2D eigenvalue weighted by Gasteiger charge is -2.08. The highest BCUT2D eigenvalue weighted by molar-refractivity contribution is 7.98. The average Bonchev–Trinajstić information content (AvgIpc) is 2.59. The van der Waals surface area contributed by atoms with Crippen LogP contribution in [0, 0.1) is 0 Å². The number of carboxylic acid groups (broad SMARTS) is 1. The van der Waals surface area contributed by atoms with Crippen molar-refractivity contribution < 1.29 is 19.4 Å². The van der Waals surface area contributed by atoms with Gasteiger partial charge in [0.2, 0.25) is 5.91 Å². The van der Waals surface area contributed by atoms with Gasteiger partial charge in [-0.25, -0.2) is 0 Å². The van der Waals surface area contributed by atoms with Crippen LogP contribution in [0.3, 0.4) is 0 Å². The molecule has 0 saturated carbocycles. The topological polar surface area (TPSA) is 75.6 Å². The lowest BCUT2D eigenvalue weighted by atomic mass is 10.1. The van der Waals surface area contributed by atoms with E-state index in [9.17, 15) is 9.59 Å². The average molecular weight is 373 g/mol. The lowest BCUT2D eigenvalue weighted by Crippen LogP contribution is -2.14. The Hall–Kier alpha value is -2.31. The van der Waals surface area contributed by atoms with Gasteiger partial charge in [-0.3, -0.25) is 9.59 Å². The zero-order valence-corrected chi connectivity index (χ0v) is 15.6. The van der Waals surface area contributed by atoms with E-state index in [2.05, 4.69) is 5.32 Å². The number of amides is 1. The van der Waals surface area contributed by atoms with Crippen LogP contribution in [0.4, 0.5) is 5.69 Å².